The van der Waals surface area contributed by atoms with E-state index in [9.17, 15) is 9.90 Å². The molecule has 1 aliphatic heterocycles. The number of fused-ring (bicyclic) bond motifs is 1. The molecule has 0 bridgehead atoms. The average molecular weight is 462 g/mol. The molecule has 2 fully saturated rings. The maximum absolute atomic E-state index is 12.0. The Morgan fingerprint density at radius 3 is 2.74 bits per heavy atom. The Balaban J connectivity index is 0.00000274. The van der Waals surface area contributed by atoms with Gasteiger partial charge in [0, 0.05) is 55.7 Å². The highest BCUT2D eigenvalue weighted by atomic mass is 16.3. The summed E-state index contributed by atoms with van der Waals surface area (Å²) in [6.45, 7) is 2.70. The number of benzene rings is 1. The van der Waals surface area contributed by atoms with Gasteiger partial charge in [-0.15, -0.1) is 0 Å². The predicted octanol–water partition coefficient (Wildman–Crippen LogP) is 2.94. The van der Waals surface area contributed by atoms with Crippen LogP contribution in [0.1, 0.15) is 33.1 Å². The number of hydrogen-bond donors (Lipinski definition) is 2. The first kappa shape index (κ1) is 23.5. The molecule has 9 nitrogen and oxygen atoms in total. The molecule has 1 saturated heterocycles. The van der Waals surface area contributed by atoms with E-state index in [2.05, 4.69) is 38.0 Å². The number of anilines is 2. The summed E-state index contributed by atoms with van der Waals surface area (Å²) in [5.74, 6) is 1.26. The second kappa shape index (κ2) is 10.1. The molecule has 0 spiro atoms. The number of nitriles is 1. The van der Waals surface area contributed by atoms with Gasteiger partial charge in [0.05, 0.1) is 17.7 Å². The van der Waals surface area contributed by atoms with Crippen LogP contribution in [-0.2, 0) is 4.79 Å². The summed E-state index contributed by atoms with van der Waals surface area (Å²) in [7, 11) is 0. The fourth-order valence-corrected chi connectivity index (χ4v) is 4.83. The zero-order valence-corrected chi connectivity index (χ0v) is 18.4. The lowest BCUT2D eigenvalue weighted by Gasteiger charge is -2.36. The molecule has 2 N–H and O–H groups in total. The number of nitrogens with one attached hydrogen (secondary N) is 1. The summed E-state index contributed by atoms with van der Waals surface area (Å²) in [6.07, 6.45) is 5.91. The highest BCUT2D eigenvalue weighted by molar-refractivity contribution is 5.94. The topological polar surface area (TPSA) is 110 Å². The van der Waals surface area contributed by atoms with E-state index in [0.29, 0.717) is 19.0 Å². The molecule has 0 radical (unpaired) electrons. The lowest BCUT2D eigenvalue weighted by Crippen LogP contribution is -2.48. The molecular formula is C25H31N7O2. The van der Waals surface area contributed by atoms with Crippen LogP contribution >= 0.6 is 0 Å². The number of aliphatic hydroxyl groups is 1. The first-order chi connectivity index (χ1) is 16.1. The van der Waals surface area contributed by atoms with Crippen molar-refractivity contribution in [3.05, 3.63) is 42.7 Å². The zero-order valence-electron chi connectivity index (χ0n) is 18.4. The third-order valence-electron chi connectivity index (χ3n) is 6.54. The van der Waals surface area contributed by atoms with Crippen molar-refractivity contribution < 1.29 is 9.90 Å². The highest BCUT2D eigenvalue weighted by Gasteiger charge is 2.24. The Bertz CT molecular complexity index is 1190. The number of carbonyl (C=O) groups excluding carboxylic acids is 1. The summed E-state index contributed by atoms with van der Waals surface area (Å²) in [5.41, 5.74) is 2.18. The van der Waals surface area contributed by atoms with Crippen LogP contribution in [0.4, 0.5) is 11.6 Å². The van der Waals surface area contributed by atoms with Crippen LogP contribution in [0.25, 0.3) is 16.7 Å². The second-order valence-corrected chi connectivity index (χ2v) is 8.64. The maximum atomic E-state index is 12.0. The van der Waals surface area contributed by atoms with Crippen molar-refractivity contribution in [3.63, 3.8) is 0 Å². The molecule has 5 rings (SSSR count). The number of aromatic nitrogens is 3. The molecule has 9 heteroatoms. The van der Waals surface area contributed by atoms with Gasteiger partial charge in [-0.3, -0.25) is 4.79 Å². The third-order valence-corrected chi connectivity index (χ3v) is 6.54. The van der Waals surface area contributed by atoms with E-state index in [1.165, 1.54) is 0 Å². The van der Waals surface area contributed by atoms with E-state index in [4.69, 9.17) is 10.2 Å². The van der Waals surface area contributed by atoms with Gasteiger partial charge in [0.1, 0.15) is 12.2 Å². The van der Waals surface area contributed by atoms with Gasteiger partial charge in [0.2, 0.25) is 11.9 Å². The van der Waals surface area contributed by atoms with Crippen molar-refractivity contribution in [2.45, 2.75) is 45.3 Å². The molecule has 3 heterocycles. The Kier molecular flexibility index (Phi) is 6.98. The van der Waals surface area contributed by atoms with Crippen LogP contribution in [0, 0.1) is 11.3 Å². The van der Waals surface area contributed by atoms with Gasteiger partial charge in [-0.2, -0.15) is 10.2 Å². The standard InChI is InChI=1S/C24H27N7O2.CH4/c25-9-6-23(33)30-14-12-29(13-15-30)20-2-1-3-21-19(20)8-11-31(21)22-7-10-26-24(28-22)27-17-4-5-18(32)16-17;/h1-3,7-8,10-11,17-18,32H,4-6,12-16H2,(H,26,27,28);1H4/t17-,18+;/m0./s1. The van der Waals surface area contributed by atoms with Gasteiger partial charge in [-0.25, -0.2) is 4.98 Å². The Morgan fingerprint density at radius 2 is 2.00 bits per heavy atom. The van der Waals surface area contributed by atoms with Crippen LogP contribution < -0.4 is 10.2 Å². The summed E-state index contributed by atoms with van der Waals surface area (Å²) in [5, 5.41) is 23.0. The summed E-state index contributed by atoms with van der Waals surface area (Å²) < 4.78 is 2.06. The molecule has 1 aromatic carbocycles. The first-order valence-corrected chi connectivity index (χ1v) is 11.4. The van der Waals surface area contributed by atoms with Crippen molar-refractivity contribution in [3.8, 4) is 11.9 Å². The van der Waals surface area contributed by atoms with E-state index in [1.807, 2.05) is 24.4 Å². The lowest BCUT2D eigenvalue weighted by atomic mass is 10.1. The number of hydrogen-bond acceptors (Lipinski definition) is 7. The summed E-state index contributed by atoms with van der Waals surface area (Å²) in [6, 6.07) is 12.4. The van der Waals surface area contributed by atoms with E-state index in [1.54, 1.807) is 11.1 Å². The summed E-state index contributed by atoms with van der Waals surface area (Å²) >= 11 is 0. The Hall–Kier alpha value is -3.64. The lowest BCUT2D eigenvalue weighted by molar-refractivity contribution is -0.130. The predicted molar refractivity (Wildman–Crippen MR) is 132 cm³/mol. The van der Waals surface area contributed by atoms with Crippen LogP contribution in [0.2, 0.25) is 0 Å². The molecule has 1 saturated carbocycles. The largest absolute Gasteiger partial charge is 0.393 e. The van der Waals surface area contributed by atoms with E-state index < -0.39 is 0 Å². The van der Waals surface area contributed by atoms with Gasteiger partial charge < -0.3 is 24.8 Å². The number of amides is 1. The van der Waals surface area contributed by atoms with Crippen molar-refractivity contribution in [1.29, 1.82) is 5.26 Å². The van der Waals surface area contributed by atoms with Crippen LogP contribution in [0.5, 0.6) is 0 Å². The van der Waals surface area contributed by atoms with Crippen molar-refractivity contribution in [1.82, 2.24) is 19.4 Å². The quantitative estimate of drug-likeness (QED) is 0.601. The van der Waals surface area contributed by atoms with Crippen LogP contribution in [0.15, 0.2) is 42.7 Å². The van der Waals surface area contributed by atoms with Crippen LogP contribution in [-0.4, -0.2) is 68.8 Å². The minimum absolute atomic E-state index is 0. The van der Waals surface area contributed by atoms with Crippen molar-refractivity contribution >= 4 is 28.4 Å². The monoisotopic (exact) mass is 461 g/mol. The molecular weight excluding hydrogens is 430 g/mol. The third kappa shape index (κ3) is 4.68. The number of aliphatic hydroxyl groups excluding tert-OH is 1. The van der Waals surface area contributed by atoms with E-state index in [0.717, 1.165) is 54.8 Å². The molecule has 34 heavy (non-hydrogen) atoms. The minimum Gasteiger partial charge on any atom is -0.393 e. The van der Waals surface area contributed by atoms with Crippen LogP contribution in [0.3, 0.4) is 0 Å². The number of carbonyl (C=O) groups is 1. The van der Waals surface area contributed by atoms with Gasteiger partial charge in [-0.05, 0) is 43.5 Å². The van der Waals surface area contributed by atoms with Gasteiger partial charge in [-0.1, -0.05) is 13.5 Å². The zero-order chi connectivity index (χ0) is 22.8. The number of rotatable bonds is 5. The molecule has 1 aliphatic carbocycles. The SMILES string of the molecule is C.N#CCC(=O)N1CCN(c2cccc3c2ccn3-c2ccnc(N[C@H]3CC[C@@H](O)C3)n2)CC1. The normalized spacial score (nSPS) is 20.1. The molecule has 2 atom stereocenters. The highest BCUT2D eigenvalue weighted by Crippen LogP contribution is 2.30. The summed E-state index contributed by atoms with van der Waals surface area (Å²) in [4.78, 5) is 25.2. The molecule has 3 aromatic rings. The molecule has 2 aromatic heterocycles. The van der Waals surface area contributed by atoms with Crippen molar-refractivity contribution in [2.24, 2.45) is 0 Å². The minimum atomic E-state index is -0.246. The fourth-order valence-electron chi connectivity index (χ4n) is 4.83. The Labute approximate surface area is 199 Å². The van der Waals surface area contributed by atoms with E-state index >= 15 is 0 Å². The van der Waals surface area contributed by atoms with Crippen molar-refractivity contribution in [2.75, 3.05) is 36.4 Å². The molecule has 0 unspecified atom stereocenters. The van der Waals surface area contributed by atoms with Gasteiger partial charge >= 0.3 is 0 Å². The smallest absolute Gasteiger partial charge is 0.236 e. The first-order valence-electron chi connectivity index (χ1n) is 11.4. The molecule has 1 amide bonds. The molecule has 178 valence electrons. The van der Waals surface area contributed by atoms with E-state index in [-0.39, 0.29) is 31.9 Å². The maximum Gasteiger partial charge on any atom is 0.236 e. The fraction of sp³-hybridized carbons (Fsp3) is 0.440. The van der Waals surface area contributed by atoms with Gasteiger partial charge in [0.15, 0.2) is 0 Å². The number of nitrogens with zero attached hydrogens (tertiary/aromatic N) is 6. The average Bonchev–Trinajstić information content (AvgIpc) is 3.45. The number of piperazine rings is 1. The second-order valence-electron chi connectivity index (χ2n) is 8.64. The Morgan fingerprint density at radius 1 is 1.18 bits per heavy atom. The molecule has 2 aliphatic rings. The van der Waals surface area contributed by atoms with Gasteiger partial charge in [0.25, 0.3) is 0 Å².